The van der Waals surface area contributed by atoms with Crippen LogP contribution in [0.2, 0.25) is 10.0 Å². The summed E-state index contributed by atoms with van der Waals surface area (Å²) >= 11 is 12.2. The molecule has 1 aliphatic heterocycles. The highest BCUT2D eigenvalue weighted by atomic mass is 35.5. The zero-order chi connectivity index (χ0) is 23.5. The van der Waals surface area contributed by atoms with Crippen molar-refractivity contribution in [3.05, 3.63) is 69.3 Å². The molecule has 0 saturated carbocycles. The highest BCUT2D eigenvalue weighted by molar-refractivity contribution is 6.43. The highest BCUT2D eigenvalue weighted by Gasteiger charge is 2.26. The van der Waals surface area contributed by atoms with E-state index >= 15 is 0 Å². The number of aryl methyl sites for hydroxylation is 2. The number of aromatic nitrogens is 2. The van der Waals surface area contributed by atoms with Crippen molar-refractivity contribution < 1.29 is 18.5 Å². The molecular weight excluding hydrogens is 470 g/mol. The Morgan fingerprint density at radius 1 is 1.09 bits per heavy atom. The molecule has 1 aromatic heterocycles. The molecule has 0 radical (unpaired) electrons. The number of hydrogen-bond donors (Lipinski definition) is 0. The smallest absolute Gasteiger partial charge is 0.255 e. The first-order valence-corrected chi connectivity index (χ1v) is 11.2. The molecule has 10 heteroatoms. The molecule has 1 saturated heterocycles. The summed E-state index contributed by atoms with van der Waals surface area (Å²) in [6.45, 7) is 3.32. The van der Waals surface area contributed by atoms with Crippen molar-refractivity contribution in [2.75, 3.05) is 26.2 Å². The third kappa shape index (κ3) is 5.17. The molecule has 7 nitrogen and oxygen atoms in total. The Morgan fingerprint density at radius 3 is 2.55 bits per heavy atom. The monoisotopic (exact) mass is 490 g/mol. The predicted molar refractivity (Wildman–Crippen MR) is 122 cm³/mol. The minimum Gasteiger partial charge on any atom is -0.339 e. The van der Waals surface area contributed by atoms with Crippen LogP contribution >= 0.6 is 23.2 Å². The predicted octanol–water partition coefficient (Wildman–Crippen LogP) is 4.41. The lowest BCUT2D eigenvalue weighted by Gasteiger charge is -2.35. The van der Waals surface area contributed by atoms with Gasteiger partial charge in [-0.2, -0.15) is 4.98 Å². The van der Waals surface area contributed by atoms with Gasteiger partial charge in [-0.15, -0.1) is 0 Å². The van der Waals surface area contributed by atoms with Gasteiger partial charge in [-0.1, -0.05) is 34.4 Å². The van der Waals surface area contributed by atoms with Crippen molar-refractivity contribution in [2.45, 2.75) is 19.8 Å². The van der Waals surface area contributed by atoms with Crippen LogP contribution in [0.5, 0.6) is 0 Å². The number of nitrogens with zero attached hydrogens (tertiary/aromatic N) is 4. The van der Waals surface area contributed by atoms with Crippen molar-refractivity contribution in [3.63, 3.8) is 0 Å². The van der Waals surface area contributed by atoms with Gasteiger partial charge in [-0.05, 0) is 42.8 Å². The first-order valence-electron chi connectivity index (χ1n) is 10.4. The van der Waals surface area contributed by atoms with Crippen molar-refractivity contribution in [1.29, 1.82) is 0 Å². The SMILES string of the molecule is Cc1cc(-c2noc(CCC(=O)N3CCN(C(=O)c4cccc(Cl)c4Cl)CC3)n2)ccc1F. The maximum atomic E-state index is 13.5. The molecule has 1 fully saturated rings. The molecule has 33 heavy (non-hydrogen) atoms. The fourth-order valence-electron chi connectivity index (χ4n) is 3.63. The largest absolute Gasteiger partial charge is 0.339 e. The first kappa shape index (κ1) is 23.2. The van der Waals surface area contributed by atoms with Crippen molar-refractivity contribution in [2.24, 2.45) is 0 Å². The molecule has 1 aliphatic rings. The van der Waals surface area contributed by atoms with E-state index in [0.29, 0.717) is 66.0 Å². The fourth-order valence-corrected chi connectivity index (χ4v) is 4.01. The van der Waals surface area contributed by atoms with Crippen LogP contribution < -0.4 is 0 Å². The molecule has 2 amide bonds. The van der Waals surface area contributed by atoms with Crippen LogP contribution in [0.4, 0.5) is 4.39 Å². The maximum absolute atomic E-state index is 13.5. The van der Waals surface area contributed by atoms with E-state index in [-0.39, 0.29) is 29.1 Å². The normalized spacial score (nSPS) is 13.9. The van der Waals surface area contributed by atoms with Crippen molar-refractivity contribution >= 4 is 35.0 Å². The molecule has 0 bridgehead atoms. The topological polar surface area (TPSA) is 79.5 Å². The van der Waals surface area contributed by atoms with E-state index in [1.807, 2.05) is 0 Å². The number of halogens is 3. The molecule has 0 atom stereocenters. The Bertz CT molecular complexity index is 1190. The molecule has 2 aromatic carbocycles. The lowest BCUT2D eigenvalue weighted by atomic mass is 10.1. The van der Waals surface area contributed by atoms with Gasteiger partial charge in [-0.25, -0.2) is 4.39 Å². The zero-order valence-corrected chi connectivity index (χ0v) is 19.4. The van der Waals surface area contributed by atoms with E-state index in [4.69, 9.17) is 27.7 Å². The van der Waals surface area contributed by atoms with Crippen LogP contribution in [0.25, 0.3) is 11.4 Å². The van der Waals surface area contributed by atoms with Crippen LogP contribution in [-0.4, -0.2) is 57.9 Å². The van der Waals surface area contributed by atoms with E-state index in [9.17, 15) is 14.0 Å². The second-order valence-corrected chi connectivity index (χ2v) is 8.54. The van der Waals surface area contributed by atoms with Gasteiger partial charge in [0.05, 0.1) is 15.6 Å². The van der Waals surface area contributed by atoms with Gasteiger partial charge in [-0.3, -0.25) is 9.59 Å². The van der Waals surface area contributed by atoms with Crippen molar-refractivity contribution in [3.8, 4) is 11.4 Å². The van der Waals surface area contributed by atoms with Gasteiger partial charge >= 0.3 is 0 Å². The first-order chi connectivity index (χ1) is 15.8. The van der Waals surface area contributed by atoms with Gasteiger partial charge in [0.15, 0.2) is 0 Å². The van der Waals surface area contributed by atoms with E-state index in [1.54, 1.807) is 47.1 Å². The van der Waals surface area contributed by atoms with E-state index < -0.39 is 0 Å². The Labute approximate surface area is 200 Å². The average molecular weight is 491 g/mol. The summed E-state index contributed by atoms with van der Waals surface area (Å²) in [5, 5.41) is 4.48. The third-order valence-electron chi connectivity index (χ3n) is 5.54. The molecule has 0 aliphatic carbocycles. The lowest BCUT2D eigenvalue weighted by Crippen LogP contribution is -2.50. The molecule has 3 aromatic rings. The fraction of sp³-hybridized carbons (Fsp3) is 0.304. The van der Waals surface area contributed by atoms with Crippen LogP contribution in [0.15, 0.2) is 40.9 Å². The number of piperazine rings is 1. The highest BCUT2D eigenvalue weighted by Crippen LogP contribution is 2.27. The quantitative estimate of drug-likeness (QED) is 0.529. The summed E-state index contributed by atoms with van der Waals surface area (Å²) in [6.07, 6.45) is 0.501. The van der Waals surface area contributed by atoms with E-state index in [0.717, 1.165) is 0 Å². The molecule has 2 heterocycles. The minimum absolute atomic E-state index is 0.0553. The van der Waals surface area contributed by atoms with Gasteiger partial charge in [0.2, 0.25) is 17.6 Å². The van der Waals surface area contributed by atoms with E-state index in [2.05, 4.69) is 10.1 Å². The summed E-state index contributed by atoms with van der Waals surface area (Å²) < 4.78 is 18.7. The Balaban J connectivity index is 1.29. The summed E-state index contributed by atoms with van der Waals surface area (Å²) in [6, 6.07) is 9.53. The number of carbonyl (C=O) groups excluding carboxylic acids is 2. The standard InChI is InChI=1S/C23H21Cl2FN4O3/c1-14-13-15(5-6-18(14)26)22-27-19(33-28-22)7-8-20(31)29-9-11-30(12-10-29)23(32)16-3-2-4-17(24)21(16)25/h2-6,13H,7-12H2,1H3. The second kappa shape index (κ2) is 9.89. The Kier molecular flexibility index (Phi) is 6.95. The number of amides is 2. The van der Waals surface area contributed by atoms with Crippen LogP contribution in [-0.2, 0) is 11.2 Å². The zero-order valence-electron chi connectivity index (χ0n) is 17.9. The summed E-state index contributed by atoms with van der Waals surface area (Å²) in [7, 11) is 0. The third-order valence-corrected chi connectivity index (χ3v) is 6.36. The number of rotatable bonds is 5. The van der Waals surface area contributed by atoms with Gasteiger partial charge in [0.1, 0.15) is 5.82 Å². The molecule has 172 valence electrons. The number of hydrogen-bond acceptors (Lipinski definition) is 5. The van der Waals surface area contributed by atoms with Crippen LogP contribution in [0.1, 0.15) is 28.2 Å². The van der Waals surface area contributed by atoms with Gasteiger partial charge < -0.3 is 14.3 Å². The number of carbonyl (C=O) groups is 2. The number of benzene rings is 2. The second-order valence-electron chi connectivity index (χ2n) is 7.75. The molecule has 0 spiro atoms. The molecule has 0 N–H and O–H groups in total. The van der Waals surface area contributed by atoms with Crippen LogP contribution in [0, 0.1) is 12.7 Å². The molecule has 4 rings (SSSR count). The molecular formula is C23H21Cl2FN4O3. The van der Waals surface area contributed by atoms with Gasteiger partial charge in [0.25, 0.3) is 5.91 Å². The minimum atomic E-state index is -0.300. The van der Waals surface area contributed by atoms with Crippen molar-refractivity contribution in [1.82, 2.24) is 19.9 Å². The Hall–Kier alpha value is -2.97. The lowest BCUT2D eigenvalue weighted by molar-refractivity contribution is -0.132. The summed E-state index contributed by atoms with van der Waals surface area (Å²) in [5.41, 5.74) is 1.49. The summed E-state index contributed by atoms with van der Waals surface area (Å²) in [4.78, 5) is 33.1. The maximum Gasteiger partial charge on any atom is 0.255 e. The van der Waals surface area contributed by atoms with Gasteiger partial charge in [0, 0.05) is 44.6 Å². The van der Waals surface area contributed by atoms with Crippen LogP contribution in [0.3, 0.4) is 0 Å². The summed E-state index contributed by atoms with van der Waals surface area (Å²) in [5.74, 6) is 0.131. The van der Waals surface area contributed by atoms with E-state index in [1.165, 1.54) is 6.07 Å². The molecule has 0 unspecified atom stereocenters. The Morgan fingerprint density at radius 2 is 1.82 bits per heavy atom. The average Bonchev–Trinajstić information content (AvgIpc) is 3.30.